The van der Waals surface area contributed by atoms with Crippen molar-refractivity contribution in [1.29, 1.82) is 5.26 Å². The number of ether oxygens (including phenoxy) is 1. The van der Waals surface area contributed by atoms with Crippen LogP contribution in [-0.2, 0) is 14.3 Å². The number of hydrogen-bond acceptors (Lipinski definition) is 7. The topological polar surface area (TPSA) is 135 Å². The van der Waals surface area contributed by atoms with Gasteiger partial charge in [-0.25, -0.2) is 4.79 Å². The molecule has 1 heterocycles. The molecule has 0 aliphatic carbocycles. The second-order valence-corrected chi connectivity index (χ2v) is 5.55. The SMILES string of the molecule is C[C@H](OC(=O)/C=C/c1ccc([N+](=O)[O-])o1)C(=O)Nc1ccc(C#N)c(Cl)c1. The van der Waals surface area contributed by atoms with Crippen LogP contribution in [0.3, 0.4) is 0 Å². The molecule has 1 aromatic carbocycles. The number of hydrogen-bond donors (Lipinski definition) is 1. The van der Waals surface area contributed by atoms with E-state index in [1.165, 1.54) is 37.3 Å². The smallest absolute Gasteiger partial charge is 0.433 e. The number of amides is 1. The summed E-state index contributed by atoms with van der Waals surface area (Å²) in [7, 11) is 0. The molecule has 0 saturated heterocycles. The molecule has 1 atom stereocenters. The molecule has 9 nitrogen and oxygen atoms in total. The van der Waals surface area contributed by atoms with Crippen molar-refractivity contribution in [3.8, 4) is 6.07 Å². The normalized spacial score (nSPS) is 11.6. The highest BCUT2D eigenvalue weighted by atomic mass is 35.5. The number of benzene rings is 1. The van der Waals surface area contributed by atoms with E-state index in [2.05, 4.69) is 5.32 Å². The largest absolute Gasteiger partial charge is 0.449 e. The second-order valence-electron chi connectivity index (χ2n) is 5.14. The zero-order valence-electron chi connectivity index (χ0n) is 13.8. The van der Waals surface area contributed by atoms with Gasteiger partial charge in [0.25, 0.3) is 5.91 Å². The molecule has 0 fully saturated rings. The molecule has 1 N–H and O–H groups in total. The molecule has 0 bridgehead atoms. The van der Waals surface area contributed by atoms with Crippen molar-refractivity contribution in [2.75, 3.05) is 5.32 Å². The van der Waals surface area contributed by atoms with Gasteiger partial charge in [0, 0.05) is 11.8 Å². The average Bonchev–Trinajstić information content (AvgIpc) is 3.09. The molecule has 10 heteroatoms. The number of halogens is 1. The molecule has 0 aliphatic heterocycles. The number of furan rings is 1. The summed E-state index contributed by atoms with van der Waals surface area (Å²) in [6.07, 6.45) is 1.04. The molecule has 138 valence electrons. The quantitative estimate of drug-likeness (QED) is 0.346. The van der Waals surface area contributed by atoms with Crippen LogP contribution in [0.2, 0.25) is 5.02 Å². The standard InChI is InChI=1S/C17H12ClN3O6/c1-10(17(23)20-12-3-2-11(9-19)14(18)8-12)26-16(22)7-5-13-4-6-15(27-13)21(24)25/h2-8,10H,1H3,(H,20,23)/b7-5+/t10-/m0/s1. The van der Waals surface area contributed by atoms with E-state index in [0.717, 1.165) is 12.1 Å². The summed E-state index contributed by atoms with van der Waals surface area (Å²) in [5.41, 5.74) is 0.600. The van der Waals surface area contributed by atoms with Gasteiger partial charge in [-0.3, -0.25) is 14.9 Å². The summed E-state index contributed by atoms with van der Waals surface area (Å²) in [5.74, 6) is -1.82. The third-order valence-electron chi connectivity index (χ3n) is 3.20. The van der Waals surface area contributed by atoms with Crippen molar-refractivity contribution >= 4 is 41.1 Å². The fourth-order valence-corrected chi connectivity index (χ4v) is 2.10. The lowest BCUT2D eigenvalue weighted by atomic mass is 10.2. The van der Waals surface area contributed by atoms with Gasteiger partial charge in [0.1, 0.15) is 16.8 Å². The van der Waals surface area contributed by atoms with E-state index < -0.39 is 28.8 Å². The monoisotopic (exact) mass is 389 g/mol. The number of esters is 1. The fraction of sp³-hybridized carbons (Fsp3) is 0.118. The van der Waals surface area contributed by atoms with Crippen LogP contribution < -0.4 is 5.32 Å². The molecule has 2 aromatic rings. The minimum Gasteiger partial charge on any atom is -0.449 e. The molecule has 1 amide bonds. The average molecular weight is 390 g/mol. The summed E-state index contributed by atoms with van der Waals surface area (Å²) >= 11 is 5.88. The Morgan fingerprint density at radius 2 is 2.15 bits per heavy atom. The summed E-state index contributed by atoms with van der Waals surface area (Å²) in [6.45, 7) is 1.37. The molecule has 0 unspecified atom stereocenters. The number of anilines is 1. The number of nitro groups is 1. The van der Waals surface area contributed by atoms with Crippen LogP contribution in [0.25, 0.3) is 6.08 Å². The van der Waals surface area contributed by atoms with Crippen LogP contribution in [0, 0.1) is 21.4 Å². The maximum atomic E-state index is 12.1. The van der Waals surface area contributed by atoms with E-state index in [1.54, 1.807) is 0 Å². The van der Waals surface area contributed by atoms with E-state index in [0.29, 0.717) is 5.69 Å². The molecule has 1 aromatic heterocycles. The minimum atomic E-state index is -1.12. The first kappa shape index (κ1) is 19.7. The van der Waals surface area contributed by atoms with Gasteiger partial charge < -0.3 is 14.5 Å². The Kier molecular flexibility index (Phi) is 6.30. The van der Waals surface area contributed by atoms with Crippen molar-refractivity contribution in [3.63, 3.8) is 0 Å². The minimum absolute atomic E-state index is 0.0861. The maximum Gasteiger partial charge on any atom is 0.433 e. The predicted molar refractivity (Wildman–Crippen MR) is 94.7 cm³/mol. The van der Waals surface area contributed by atoms with E-state index in [-0.39, 0.29) is 16.3 Å². The Balaban J connectivity index is 1.92. The van der Waals surface area contributed by atoms with Crippen molar-refractivity contribution in [1.82, 2.24) is 0 Å². The highest BCUT2D eigenvalue weighted by molar-refractivity contribution is 6.32. The number of carbonyl (C=O) groups is 2. The third-order valence-corrected chi connectivity index (χ3v) is 3.51. The van der Waals surface area contributed by atoms with Crippen molar-refractivity contribution < 1.29 is 23.7 Å². The van der Waals surface area contributed by atoms with E-state index in [1.807, 2.05) is 6.07 Å². The Morgan fingerprint density at radius 1 is 1.41 bits per heavy atom. The lowest BCUT2D eigenvalue weighted by Crippen LogP contribution is -2.29. The molecule has 0 saturated carbocycles. The fourth-order valence-electron chi connectivity index (χ4n) is 1.87. The first-order valence-corrected chi connectivity index (χ1v) is 7.81. The van der Waals surface area contributed by atoms with Gasteiger partial charge >= 0.3 is 11.9 Å². The molecular weight excluding hydrogens is 378 g/mol. The highest BCUT2D eigenvalue weighted by Gasteiger charge is 2.17. The number of nitrogens with one attached hydrogen (secondary N) is 1. The molecule has 0 aliphatic rings. The zero-order chi connectivity index (χ0) is 20.0. The predicted octanol–water partition coefficient (Wildman–Crippen LogP) is 3.30. The van der Waals surface area contributed by atoms with Gasteiger partial charge in [-0.05, 0) is 37.3 Å². The van der Waals surface area contributed by atoms with Gasteiger partial charge in [-0.1, -0.05) is 11.6 Å². The van der Waals surface area contributed by atoms with Crippen LogP contribution in [0.5, 0.6) is 0 Å². The number of rotatable bonds is 6. The zero-order valence-corrected chi connectivity index (χ0v) is 14.6. The van der Waals surface area contributed by atoms with Crippen LogP contribution in [0.4, 0.5) is 11.6 Å². The highest BCUT2D eigenvalue weighted by Crippen LogP contribution is 2.20. The Hall–Kier alpha value is -3.64. The van der Waals surface area contributed by atoms with Gasteiger partial charge in [0.2, 0.25) is 0 Å². The Morgan fingerprint density at radius 3 is 2.74 bits per heavy atom. The van der Waals surface area contributed by atoms with E-state index >= 15 is 0 Å². The Labute approximate surface area is 157 Å². The first-order chi connectivity index (χ1) is 12.8. The van der Waals surface area contributed by atoms with Gasteiger partial charge in [0.15, 0.2) is 6.10 Å². The summed E-state index contributed by atoms with van der Waals surface area (Å²) in [5, 5.41) is 22.0. The van der Waals surface area contributed by atoms with Crippen LogP contribution in [0.1, 0.15) is 18.2 Å². The third kappa shape index (κ3) is 5.42. The van der Waals surface area contributed by atoms with Crippen LogP contribution in [-0.4, -0.2) is 22.9 Å². The van der Waals surface area contributed by atoms with E-state index in [9.17, 15) is 19.7 Å². The summed E-state index contributed by atoms with van der Waals surface area (Å²) in [6, 6.07) is 8.68. The summed E-state index contributed by atoms with van der Waals surface area (Å²) in [4.78, 5) is 33.6. The van der Waals surface area contributed by atoms with Gasteiger partial charge in [0.05, 0.1) is 16.7 Å². The molecular formula is C17H12ClN3O6. The van der Waals surface area contributed by atoms with Gasteiger partial charge in [-0.15, -0.1) is 0 Å². The van der Waals surface area contributed by atoms with Gasteiger partial charge in [-0.2, -0.15) is 5.26 Å². The van der Waals surface area contributed by atoms with Crippen molar-refractivity contribution in [2.45, 2.75) is 13.0 Å². The van der Waals surface area contributed by atoms with E-state index in [4.69, 9.17) is 26.0 Å². The molecule has 0 spiro atoms. The van der Waals surface area contributed by atoms with Crippen LogP contribution >= 0.6 is 11.6 Å². The second kappa shape index (κ2) is 8.64. The number of nitriles is 1. The van der Waals surface area contributed by atoms with Crippen LogP contribution in [0.15, 0.2) is 40.8 Å². The lowest BCUT2D eigenvalue weighted by Gasteiger charge is -2.12. The Bertz CT molecular complexity index is 960. The maximum absolute atomic E-state index is 12.1. The number of carbonyl (C=O) groups excluding carboxylic acids is 2. The van der Waals surface area contributed by atoms with Crippen molar-refractivity contribution in [3.05, 3.63) is 62.9 Å². The molecule has 2 rings (SSSR count). The number of nitrogens with zero attached hydrogens (tertiary/aromatic N) is 2. The first-order valence-electron chi connectivity index (χ1n) is 7.43. The summed E-state index contributed by atoms with van der Waals surface area (Å²) < 4.78 is 9.79. The van der Waals surface area contributed by atoms with Crippen molar-refractivity contribution in [2.24, 2.45) is 0 Å². The molecule has 27 heavy (non-hydrogen) atoms. The molecule has 0 radical (unpaired) electrons. The lowest BCUT2D eigenvalue weighted by molar-refractivity contribution is -0.402.